The smallest absolute Gasteiger partial charge is 0.303 e. The van der Waals surface area contributed by atoms with Crippen molar-refractivity contribution in [3.05, 3.63) is 71.8 Å². The third-order valence-corrected chi connectivity index (χ3v) is 15.7. The van der Waals surface area contributed by atoms with Crippen LogP contribution in [0.4, 0.5) is 11.4 Å². The molecule has 0 saturated carbocycles. The summed E-state index contributed by atoms with van der Waals surface area (Å²) in [5.74, 6) is -1.65. The van der Waals surface area contributed by atoms with Gasteiger partial charge in [-0.05, 0) is 94.2 Å². The van der Waals surface area contributed by atoms with Crippen LogP contribution < -0.4 is 15.5 Å². The molecular formula is C46H65N4O13S3+. The number of aliphatic carboxylic acids is 1. The molecule has 2 aromatic carbocycles. The number of allylic oxidation sites excluding steroid dienone is 3. The summed E-state index contributed by atoms with van der Waals surface area (Å²) < 4.78 is 105. The SMILES string of the molecule is CC1(CCCCCC(=O)O)C2=[N+](CCCCCC(=O)NCCNC(=O)CCCCCC3(C)c4cc(S(=O)(=O)O)ccc4N(CCCS(=O)(=O)O)C3CC=CC=C2)c2ccc(S(=O)(=O)O)cc21. The standard InChI is InChI=1S/C46H64N4O13S3/c1-45(26-13-5-11-20-44(53)54)36-32-34(65(58,59)60)21-23-38(36)49-29-14-6-10-19-43(52)48-28-27-47-42(51)18-9-4-12-25-46(2)37-33-35(66(61,62)63)22-24-39(37)50(30-15-31-64(55,56)57)41(46)17-8-3-7-16-40(45)49/h3,7-8,16,21-24,32-33,41H,4-6,9-15,17-20,25-31H2,1-2H3,(H5-,47,48,51,52,53,54,55,56,57,58,59,60,61,62,63)/p+1. The van der Waals surface area contributed by atoms with E-state index in [2.05, 4.69) is 15.2 Å². The van der Waals surface area contributed by atoms with E-state index in [1.807, 2.05) is 43.1 Å². The number of rotatable bonds is 12. The Kier molecular flexibility index (Phi) is 17.9. The number of hydrogen-bond acceptors (Lipinski definition) is 10. The highest BCUT2D eigenvalue weighted by Crippen LogP contribution is 2.50. The van der Waals surface area contributed by atoms with E-state index in [9.17, 15) is 58.4 Å². The first-order chi connectivity index (χ1) is 31.0. The van der Waals surface area contributed by atoms with Gasteiger partial charge in [-0.3, -0.25) is 28.0 Å². The Hall–Kier alpha value is -4.47. The lowest BCUT2D eigenvalue weighted by molar-refractivity contribution is -0.438. The van der Waals surface area contributed by atoms with Crippen molar-refractivity contribution in [2.75, 3.05) is 36.8 Å². The normalized spacial score (nSPS) is 23.2. The van der Waals surface area contributed by atoms with E-state index in [-0.39, 0.29) is 66.5 Å². The quantitative estimate of drug-likeness (QED) is 0.0780. The highest BCUT2D eigenvalue weighted by atomic mass is 32.2. The lowest BCUT2D eigenvalue weighted by Gasteiger charge is -2.37. The van der Waals surface area contributed by atoms with Gasteiger partial charge in [-0.15, -0.1) is 0 Å². The van der Waals surface area contributed by atoms with Gasteiger partial charge >= 0.3 is 5.97 Å². The second kappa shape index (κ2) is 22.6. The summed E-state index contributed by atoms with van der Waals surface area (Å²) >= 11 is 0. The number of carbonyl (C=O) groups is 3. The summed E-state index contributed by atoms with van der Waals surface area (Å²) in [5, 5.41) is 15.0. The lowest BCUT2D eigenvalue weighted by atomic mass is 9.73. The second-order valence-corrected chi connectivity index (χ2v) is 22.4. The third-order valence-electron chi connectivity index (χ3n) is 13.2. The van der Waals surface area contributed by atoms with Gasteiger partial charge in [-0.25, -0.2) is 0 Å². The fourth-order valence-corrected chi connectivity index (χ4v) is 11.3. The minimum atomic E-state index is -4.58. The van der Waals surface area contributed by atoms with Gasteiger partial charge in [0.1, 0.15) is 6.54 Å². The molecule has 6 N–H and O–H groups in total. The van der Waals surface area contributed by atoms with Crippen LogP contribution in [-0.2, 0) is 55.6 Å². The number of carboxylic acids is 1. The maximum absolute atomic E-state index is 12.7. The van der Waals surface area contributed by atoms with E-state index in [0.717, 1.165) is 11.4 Å². The Balaban J connectivity index is 1.56. The molecule has 0 aromatic heterocycles. The van der Waals surface area contributed by atoms with Gasteiger partial charge in [-0.1, -0.05) is 50.8 Å². The molecule has 17 nitrogen and oxygen atoms in total. The molecule has 2 amide bonds. The highest BCUT2D eigenvalue weighted by Gasteiger charge is 2.49. The molecule has 0 spiro atoms. The van der Waals surface area contributed by atoms with Gasteiger partial charge in [0.2, 0.25) is 17.5 Å². The summed E-state index contributed by atoms with van der Waals surface area (Å²) in [4.78, 5) is 38.1. The van der Waals surface area contributed by atoms with E-state index < -0.39 is 52.9 Å². The van der Waals surface area contributed by atoms with Gasteiger partial charge < -0.3 is 20.6 Å². The highest BCUT2D eigenvalue weighted by molar-refractivity contribution is 7.86. The molecule has 3 aliphatic heterocycles. The van der Waals surface area contributed by atoms with Crippen molar-refractivity contribution in [2.24, 2.45) is 0 Å². The molecule has 20 heteroatoms. The minimum Gasteiger partial charge on any atom is -0.481 e. The maximum atomic E-state index is 12.7. The molecule has 66 heavy (non-hydrogen) atoms. The first-order valence-electron chi connectivity index (χ1n) is 22.7. The average molecular weight is 978 g/mol. The summed E-state index contributed by atoms with van der Waals surface area (Å²) in [6, 6.07) is 8.60. The van der Waals surface area contributed by atoms with Gasteiger partial charge in [0.15, 0.2) is 5.71 Å². The molecule has 0 fully saturated rings. The number of amides is 2. The fourth-order valence-electron chi connectivity index (χ4n) is 9.78. The zero-order valence-corrected chi connectivity index (χ0v) is 40.2. The number of nitrogens with one attached hydrogen (secondary N) is 2. The monoisotopic (exact) mass is 977 g/mol. The van der Waals surface area contributed by atoms with Crippen LogP contribution >= 0.6 is 0 Å². The number of carbonyl (C=O) groups excluding carboxylic acids is 2. The zero-order chi connectivity index (χ0) is 48.3. The van der Waals surface area contributed by atoms with Crippen molar-refractivity contribution in [3.8, 4) is 0 Å². The number of nitrogens with zero attached hydrogens (tertiary/aromatic N) is 2. The Labute approximate surface area is 389 Å². The molecule has 3 aliphatic rings. The predicted molar refractivity (Wildman–Crippen MR) is 250 cm³/mol. The van der Waals surface area contributed by atoms with Gasteiger partial charge in [0.25, 0.3) is 30.4 Å². The summed E-state index contributed by atoms with van der Waals surface area (Å²) in [5.41, 5.74) is 2.17. The molecule has 2 aromatic rings. The van der Waals surface area contributed by atoms with E-state index in [4.69, 9.17) is 0 Å². The van der Waals surface area contributed by atoms with E-state index in [1.165, 1.54) is 24.3 Å². The van der Waals surface area contributed by atoms with Crippen molar-refractivity contribution in [3.63, 3.8) is 0 Å². The van der Waals surface area contributed by atoms with Crippen LogP contribution in [0.1, 0.15) is 128 Å². The minimum absolute atomic E-state index is 0.0208. The zero-order valence-electron chi connectivity index (χ0n) is 37.8. The number of fused-ring (bicyclic) bond motifs is 5. The van der Waals surface area contributed by atoms with E-state index in [1.54, 1.807) is 12.1 Å². The molecule has 3 heterocycles. The largest absolute Gasteiger partial charge is 0.481 e. The van der Waals surface area contributed by atoms with Crippen LogP contribution in [0, 0.1) is 0 Å². The third kappa shape index (κ3) is 13.8. The van der Waals surface area contributed by atoms with Crippen LogP contribution in [0.25, 0.3) is 0 Å². The van der Waals surface area contributed by atoms with Crippen LogP contribution in [0.3, 0.4) is 0 Å². The van der Waals surface area contributed by atoms with E-state index >= 15 is 0 Å². The van der Waals surface area contributed by atoms with Crippen LogP contribution in [0.2, 0.25) is 0 Å². The van der Waals surface area contributed by atoms with Crippen molar-refractivity contribution in [1.82, 2.24) is 10.6 Å². The number of benzene rings is 2. The Bertz CT molecular complexity index is 2540. The van der Waals surface area contributed by atoms with Crippen LogP contribution in [-0.4, -0.2) is 110 Å². The molecule has 0 bridgehead atoms. The second-order valence-electron chi connectivity index (χ2n) is 18.0. The predicted octanol–water partition coefficient (Wildman–Crippen LogP) is 6.26. The van der Waals surface area contributed by atoms with Gasteiger partial charge in [0, 0.05) is 80.2 Å². The molecule has 0 aliphatic carbocycles. The fraction of sp³-hybridized carbons (Fsp3) is 0.565. The van der Waals surface area contributed by atoms with Gasteiger partial charge in [0.05, 0.1) is 21.0 Å². The number of unbranched alkanes of at least 4 members (excludes halogenated alkanes) is 2. The van der Waals surface area contributed by atoms with Crippen molar-refractivity contribution < 1.29 is 63.0 Å². The number of anilines is 1. The number of carboxylic acid groups (broad SMARTS) is 1. The Morgan fingerprint density at radius 3 is 2.02 bits per heavy atom. The first-order valence-corrected chi connectivity index (χ1v) is 27.2. The molecule has 0 radical (unpaired) electrons. The molecule has 364 valence electrons. The summed E-state index contributed by atoms with van der Waals surface area (Å²) in [7, 11) is -13.4. The van der Waals surface area contributed by atoms with Gasteiger partial charge in [-0.2, -0.15) is 29.8 Å². The lowest BCUT2D eigenvalue weighted by Crippen LogP contribution is -2.43. The Morgan fingerprint density at radius 1 is 0.773 bits per heavy atom. The van der Waals surface area contributed by atoms with E-state index in [0.29, 0.717) is 107 Å². The van der Waals surface area contributed by atoms with Crippen LogP contribution in [0.5, 0.6) is 0 Å². The number of hydrogen-bond donors (Lipinski definition) is 6. The first kappa shape index (κ1) is 52.5. The van der Waals surface area contributed by atoms with Crippen LogP contribution in [0.15, 0.2) is 70.5 Å². The topological polar surface area (TPSA) is 265 Å². The average Bonchev–Trinajstić information content (AvgIpc) is 3.60. The molecule has 3 atom stereocenters. The maximum Gasteiger partial charge on any atom is 0.303 e. The Morgan fingerprint density at radius 2 is 1.39 bits per heavy atom. The molecular weight excluding hydrogens is 913 g/mol. The molecule has 3 unspecified atom stereocenters. The van der Waals surface area contributed by atoms with Crippen molar-refractivity contribution >= 4 is 65.2 Å². The molecule has 0 saturated heterocycles. The summed E-state index contributed by atoms with van der Waals surface area (Å²) in [6.07, 6.45) is 15.5. The summed E-state index contributed by atoms with van der Waals surface area (Å²) in [6.45, 7) is 5.31. The molecule has 5 rings (SSSR count). The van der Waals surface area contributed by atoms with Crippen molar-refractivity contribution in [1.29, 1.82) is 0 Å². The van der Waals surface area contributed by atoms with Crippen molar-refractivity contribution in [2.45, 2.75) is 143 Å².